The average molecular weight is 402 g/mol. The molecule has 8 heteroatoms. The number of benzene rings is 2. The van der Waals surface area contributed by atoms with Gasteiger partial charge in [0.25, 0.3) is 0 Å². The molecule has 0 aliphatic heterocycles. The maximum absolute atomic E-state index is 14.4. The van der Waals surface area contributed by atoms with Crippen molar-refractivity contribution in [2.24, 2.45) is 0 Å². The summed E-state index contributed by atoms with van der Waals surface area (Å²) in [7, 11) is 1.83. The van der Waals surface area contributed by atoms with Crippen LogP contribution in [0, 0.1) is 11.6 Å². The van der Waals surface area contributed by atoms with Crippen LogP contribution in [0.2, 0.25) is 0 Å². The average Bonchev–Trinajstić information content (AvgIpc) is 3.18. The largest absolute Gasteiger partial charge is 0.494 e. The van der Waals surface area contributed by atoms with Crippen LogP contribution in [0.4, 0.5) is 8.78 Å². The lowest BCUT2D eigenvalue weighted by atomic mass is 9.92. The molecule has 0 fully saturated rings. The molecule has 29 heavy (non-hydrogen) atoms. The number of para-hydroxylation sites is 1. The molecular formula is C21H24F2N4O2. The number of rotatable bonds is 10. The molecule has 0 aliphatic rings. The van der Waals surface area contributed by atoms with E-state index in [1.165, 1.54) is 23.4 Å². The first-order valence-electron chi connectivity index (χ1n) is 9.33. The smallest absolute Gasteiger partial charge is 0.137 e. The SMILES string of the molecule is CN(CCCOc1ccccc1)CC(O)(Cn1cncn1)c1ccc(F)cc1F. The third-order valence-corrected chi connectivity index (χ3v) is 4.55. The Bertz CT molecular complexity index is 893. The summed E-state index contributed by atoms with van der Waals surface area (Å²) in [5, 5.41) is 15.3. The molecule has 0 radical (unpaired) electrons. The fourth-order valence-corrected chi connectivity index (χ4v) is 3.24. The second kappa shape index (κ2) is 9.58. The molecule has 0 saturated carbocycles. The molecule has 1 atom stereocenters. The Kier molecular flexibility index (Phi) is 6.90. The number of aromatic nitrogens is 3. The number of hydrogen-bond acceptors (Lipinski definition) is 5. The highest BCUT2D eigenvalue weighted by Gasteiger charge is 2.34. The van der Waals surface area contributed by atoms with Crippen molar-refractivity contribution in [1.29, 1.82) is 0 Å². The lowest BCUT2D eigenvalue weighted by Crippen LogP contribution is -2.43. The van der Waals surface area contributed by atoms with Crippen molar-refractivity contribution in [2.45, 2.75) is 18.6 Å². The topological polar surface area (TPSA) is 63.4 Å². The van der Waals surface area contributed by atoms with Gasteiger partial charge in [-0.05, 0) is 31.7 Å². The van der Waals surface area contributed by atoms with Crippen molar-refractivity contribution in [2.75, 3.05) is 26.7 Å². The molecule has 0 spiro atoms. The number of likely N-dealkylation sites (N-methyl/N-ethyl adjacent to an activating group) is 1. The van der Waals surface area contributed by atoms with Crippen molar-refractivity contribution in [3.05, 3.63) is 78.4 Å². The van der Waals surface area contributed by atoms with Gasteiger partial charge in [0.05, 0.1) is 13.2 Å². The lowest BCUT2D eigenvalue weighted by molar-refractivity contribution is -0.0165. The molecule has 0 bridgehead atoms. The van der Waals surface area contributed by atoms with E-state index in [9.17, 15) is 13.9 Å². The minimum absolute atomic E-state index is 0.0135. The van der Waals surface area contributed by atoms with Gasteiger partial charge in [-0.25, -0.2) is 18.4 Å². The Morgan fingerprint density at radius 2 is 1.97 bits per heavy atom. The Labute approximate surface area is 168 Å². The van der Waals surface area contributed by atoms with Gasteiger partial charge in [0.1, 0.15) is 35.6 Å². The summed E-state index contributed by atoms with van der Waals surface area (Å²) >= 11 is 0. The predicted octanol–water partition coefficient (Wildman–Crippen LogP) is 2.85. The van der Waals surface area contributed by atoms with E-state index in [1.807, 2.05) is 42.3 Å². The van der Waals surface area contributed by atoms with Gasteiger partial charge in [-0.1, -0.05) is 24.3 Å². The van der Waals surface area contributed by atoms with Gasteiger partial charge in [0, 0.05) is 24.7 Å². The zero-order valence-electron chi connectivity index (χ0n) is 16.2. The summed E-state index contributed by atoms with van der Waals surface area (Å²) in [5.74, 6) is -0.694. The molecule has 1 heterocycles. The van der Waals surface area contributed by atoms with E-state index in [0.717, 1.165) is 24.3 Å². The van der Waals surface area contributed by atoms with Crippen molar-refractivity contribution >= 4 is 0 Å². The standard InChI is InChI=1S/C21H24F2N4O2/c1-26(10-5-11-29-18-6-3-2-4-7-18)13-21(28,14-27-16-24-15-25-27)19-9-8-17(22)12-20(19)23/h2-4,6-9,12,15-16,28H,5,10-11,13-14H2,1H3. The first-order valence-corrected chi connectivity index (χ1v) is 9.33. The summed E-state index contributed by atoms with van der Waals surface area (Å²) in [4.78, 5) is 5.75. The molecule has 2 aromatic carbocycles. The highest BCUT2D eigenvalue weighted by Crippen LogP contribution is 2.27. The van der Waals surface area contributed by atoms with Crippen LogP contribution in [-0.4, -0.2) is 51.5 Å². The third-order valence-electron chi connectivity index (χ3n) is 4.55. The lowest BCUT2D eigenvalue weighted by Gasteiger charge is -2.33. The van der Waals surface area contributed by atoms with E-state index in [2.05, 4.69) is 10.1 Å². The minimum atomic E-state index is -1.61. The molecule has 6 nitrogen and oxygen atoms in total. The Hall–Kier alpha value is -2.84. The van der Waals surface area contributed by atoms with Crippen molar-refractivity contribution < 1.29 is 18.6 Å². The molecule has 0 amide bonds. The molecule has 1 N–H and O–H groups in total. The normalized spacial score (nSPS) is 13.4. The third kappa shape index (κ3) is 5.82. The highest BCUT2D eigenvalue weighted by atomic mass is 19.1. The van der Waals surface area contributed by atoms with Crippen LogP contribution in [0.5, 0.6) is 5.75 Å². The van der Waals surface area contributed by atoms with Gasteiger partial charge in [0.15, 0.2) is 0 Å². The second-order valence-corrected chi connectivity index (χ2v) is 7.00. The summed E-state index contributed by atoms with van der Waals surface area (Å²) in [5.41, 5.74) is -1.60. The summed E-state index contributed by atoms with van der Waals surface area (Å²) in [6.45, 7) is 1.25. The molecular weight excluding hydrogens is 378 g/mol. The number of hydrogen-bond donors (Lipinski definition) is 1. The molecule has 154 valence electrons. The predicted molar refractivity (Wildman–Crippen MR) is 104 cm³/mol. The highest BCUT2D eigenvalue weighted by molar-refractivity contribution is 5.25. The minimum Gasteiger partial charge on any atom is -0.494 e. The summed E-state index contributed by atoms with van der Waals surface area (Å²) < 4.78 is 34.9. The zero-order chi connectivity index (χ0) is 20.7. The maximum Gasteiger partial charge on any atom is 0.137 e. The summed E-state index contributed by atoms with van der Waals surface area (Å²) in [6.07, 6.45) is 3.50. The van der Waals surface area contributed by atoms with Gasteiger partial charge in [0.2, 0.25) is 0 Å². The Morgan fingerprint density at radius 3 is 2.66 bits per heavy atom. The number of halogens is 2. The van der Waals surface area contributed by atoms with Crippen LogP contribution in [0.15, 0.2) is 61.2 Å². The molecule has 3 rings (SSSR count). The first kappa shape index (κ1) is 20.9. The number of ether oxygens (including phenoxy) is 1. The molecule has 0 saturated heterocycles. The van der Waals surface area contributed by atoms with E-state index in [4.69, 9.17) is 4.74 Å². The number of aliphatic hydroxyl groups is 1. The molecule has 0 aliphatic carbocycles. The monoisotopic (exact) mass is 402 g/mol. The molecule has 1 aromatic heterocycles. The van der Waals surface area contributed by atoms with Crippen LogP contribution >= 0.6 is 0 Å². The molecule has 1 unspecified atom stereocenters. The Morgan fingerprint density at radius 1 is 1.17 bits per heavy atom. The van der Waals surface area contributed by atoms with Crippen LogP contribution in [0.3, 0.4) is 0 Å². The van der Waals surface area contributed by atoms with Gasteiger partial charge in [-0.2, -0.15) is 5.10 Å². The van der Waals surface area contributed by atoms with Gasteiger partial charge in [-0.3, -0.25) is 0 Å². The molecule has 3 aromatic rings. The van der Waals surface area contributed by atoms with Gasteiger partial charge >= 0.3 is 0 Å². The first-order chi connectivity index (χ1) is 14.0. The van der Waals surface area contributed by atoms with Gasteiger partial charge in [-0.15, -0.1) is 0 Å². The van der Waals surface area contributed by atoms with E-state index >= 15 is 0 Å². The zero-order valence-corrected chi connectivity index (χ0v) is 16.2. The fraction of sp³-hybridized carbons (Fsp3) is 0.333. The van der Waals surface area contributed by atoms with E-state index in [0.29, 0.717) is 13.2 Å². The quantitative estimate of drug-likeness (QED) is 0.529. The fourth-order valence-electron chi connectivity index (χ4n) is 3.24. The van der Waals surface area contributed by atoms with E-state index in [-0.39, 0.29) is 18.7 Å². The van der Waals surface area contributed by atoms with Crippen molar-refractivity contribution in [3.8, 4) is 5.75 Å². The van der Waals surface area contributed by atoms with Crippen molar-refractivity contribution in [3.63, 3.8) is 0 Å². The second-order valence-electron chi connectivity index (χ2n) is 7.00. The van der Waals surface area contributed by atoms with E-state index in [1.54, 1.807) is 0 Å². The Balaban J connectivity index is 1.64. The van der Waals surface area contributed by atoms with Crippen LogP contribution in [-0.2, 0) is 12.1 Å². The van der Waals surface area contributed by atoms with Crippen LogP contribution in [0.1, 0.15) is 12.0 Å². The van der Waals surface area contributed by atoms with E-state index < -0.39 is 17.2 Å². The van der Waals surface area contributed by atoms with Gasteiger partial charge < -0.3 is 14.7 Å². The maximum atomic E-state index is 14.4. The van der Waals surface area contributed by atoms with Crippen LogP contribution < -0.4 is 4.74 Å². The summed E-state index contributed by atoms with van der Waals surface area (Å²) in [6, 6.07) is 12.7. The van der Waals surface area contributed by atoms with Crippen LogP contribution in [0.25, 0.3) is 0 Å². The number of nitrogens with zero attached hydrogens (tertiary/aromatic N) is 4. The van der Waals surface area contributed by atoms with Crippen molar-refractivity contribution in [1.82, 2.24) is 19.7 Å².